The minimum atomic E-state index is -1.29. The van der Waals surface area contributed by atoms with Gasteiger partial charge in [-0.25, -0.2) is 13.6 Å². The van der Waals surface area contributed by atoms with Crippen molar-refractivity contribution in [1.29, 1.82) is 0 Å². The molecule has 0 saturated carbocycles. The standard InChI is InChI=1S/C31H26F2N2O5/c1-39-30(37)25-21(17-9-4-3-5-10-17)16-23-26(28(25)36)24(20-13-6-7-14-22(20)33)27(31(38)40-2)29(34)35(23)19-12-8-11-18(32)15-19/h3-15,21,24-25H,16,34H2,1-2H3/t21-,24-,25+/m0/s1. The molecule has 1 heterocycles. The quantitative estimate of drug-likeness (QED) is 0.367. The molecule has 204 valence electrons. The molecule has 3 atom stereocenters. The molecule has 5 rings (SSSR count). The van der Waals surface area contributed by atoms with Crippen molar-refractivity contribution in [3.8, 4) is 0 Å². The molecule has 9 heteroatoms. The summed E-state index contributed by atoms with van der Waals surface area (Å²) in [7, 11) is 2.33. The minimum Gasteiger partial charge on any atom is -0.468 e. The smallest absolute Gasteiger partial charge is 0.338 e. The van der Waals surface area contributed by atoms with E-state index in [9.17, 15) is 18.8 Å². The maximum atomic E-state index is 15.4. The summed E-state index contributed by atoms with van der Waals surface area (Å²) in [4.78, 5) is 42.3. The molecule has 0 amide bonds. The number of ketones is 1. The SMILES string of the molecule is COC(=O)C1=C(N)N(c2cccc(F)c2)C2=C(C(=O)[C@H](C(=O)OC)[C@H](c3ccccc3)C2)[C@@H]1c1ccccc1F. The zero-order valence-corrected chi connectivity index (χ0v) is 21.8. The largest absolute Gasteiger partial charge is 0.468 e. The fourth-order valence-corrected chi connectivity index (χ4v) is 5.68. The average Bonchev–Trinajstić information content (AvgIpc) is 2.96. The van der Waals surface area contributed by atoms with Gasteiger partial charge in [0.1, 0.15) is 23.4 Å². The first-order chi connectivity index (χ1) is 19.3. The number of methoxy groups -OCH3 is 2. The van der Waals surface area contributed by atoms with Gasteiger partial charge in [-0.05, 0) is 36.2 Å². The number of halogens is 2. The number of hydrogen-bond donors (Lipinski definition) is 1. The van der Waals surface area contributed by atoms with Gasteiger partial charge in [-0.3, -0.25) is 14.5 Å². The highest BCUT2D eigenvalue weighted by atomic mass is 19.1. The highest BCUT2D eigenvalue weighted by Crippen LogP contribution is 2.51. The number of rotatable bonds is 5. The maximum absolute atomic E-state index is 15.4. The molecule has 0 fully saturated rings. The van der Waals surface area contributed by atoms with Crippen LogP contribution < -0.4 is 10.6 Å². The number of esters is 2. The topological polar surface area (TPSA) is 98.9 Å². The van der Waals surface area contributed by atoms with Crippen molar-refractivity contribution >= 4 is 23.4 Å². The van der Waals surface area contributed by atoms with Gasteiger partial charge in [0.2, 0.25) is 0 Å². The number of ether oxygens (including phenoxy) is 2. The number of Topliss-reactive ketones (excluding diaryl/α,β-unsaturated/α-hetero) is 1. The van der Waals surface area contributed by atoms with Gasteiger partial charge >= 0.3 is 11.9 Å². The lowest BCUT2D eigenvalue weighted by Gasteiger charge is -2.44. The third-order valence-corrected chi connectivity index (χ3v) is 7.41. The van der Waals surface area contributed by atoms with Gasteiger partial charge in [0.15, 0.2) is 5.78 Å². The van der Waals surface area contributed by atoms with Crippen LogP contribution in [0.5, 0.6) is 0 Å². The highest BCUT2D eigenvalue weighted by molar-refractivity contribution is 6.14. The number of benzene rings is 3. The zero-order chi connectivity index (χ0) is 28.6. The molecule has 1 aliphatic carbocycles. The van der Waals surface area contributed by atoms with Crippen molar-refractivity contribution in [2.45, 2.75) is 18.3 Å². The van der Waals surface area contributed by atoms with Gasteiger partial charge in [0, 0.05) is 22.8 Å². The first-order valence-electron chi connectivity index (χ1n) is 12.6. The molecule has 3 aromatic carbocycles. The molecule has 2 aliphatic rings. The van der Waals surface area contributed by atoms with E-state index in [-0.39, 0.29) is 34.6 Å². The summed E-state index contributed by atoms with van der Waals surface area (Å²) >= 11 is 0. The van der Waals surface area contributed by atoms with Crippen LogP contribution in [0.1, 0.15) is 29.4 Å². The van der Waals surface area contributed by atoms with E-state index in [4.69, 9.17) is 15.2 Å². The third kappa shape index (κ3) is 4.43. The normalized spacial score (nSPS) is 20.8. The highest BCUT2D eigenvalue weighted by Gasteiger charge is 2.51. The van der Waals surface area contributed by atoms with E-state index < -0.39 is 47.1 Å². The number of anilines is 1. The van der Waals surface area contributed by atoms with Crippen molar-refractivity contribution in [1.82, 2.24) is 0 Å². The van der Waals surface area contributed by atoms with Gasteiger partial charge in [0.05, 0.1) is 31.4 Å². The van der Waals surface area contributed by atoms with Gasteiger partial charge in [0.25, 0.3) is 0 Å². The van der Waals surface area contributed by atoms with E-state index in [2.05, 4.69) is 0 Å². The molecule has 0 aromatic heterocycles. The summed E-state index contributed by atoms with van der Waals surface area (Å²) in [6.07, 6.45) is 0.0848. The van der Waals surface area contributed by atoms with E-state index in [0.717, 1.165) is 7.11 Å². The number of nitrogens with two attached hydrogens (primary N) is 1. The molecule has 0 radical (unpaired) electrons. The monoisotopic (exact) mass is 544 g/mol. The summed E-state index contributed by atoms with van der Waals surface area (Å²) in [5.74, 6) is -6.95. The van der Waals surface area contributed by atoms with Crippen LogP contribution >= 0.6 is 0 Å². The van der Waals surface area contributed by atoms with E-state index in [0.29, 0.717) is 11.3 Å². The Morgan fingerprint density at radius 1 is 0.925 bits per heavy atom. The minimum absolute atomic E-state index is 0.00682. The second-order valence-corrected chi connectivity index (χ2v) is 9.51. The van der Waals surface area contributed by atoms with Crippen LogP contribution in [0.3, 0.4) is 0 Å². The molecule has 0 spiro atoms. The fraction of sp³-hybridized carbons (Fsp3) is 0.194. The van der Waals surface area contributed by atoms with Crippen LogP contribution in [-0.2, 0) is 23.9 Å². The first kappa shape index (κ1) is 26.8. The van der Waals surface area contributed by atoms with E-state index in [1.54, 1.807) is 36.4 Å². The molecule has 40 heavy (non-hydrogen) atoms. The molecule has 0 unspecified atom stereocenters. The average molecular weight is 545 g/mol. The van der Waals surface area contributed by atoms with Crippen LogP contribution in [-0.4, -0.2) is 31.9 Å². The van der Waals surface area contributed by atoms with Gasteiger partial charge in [-0.2, -0.15) is 0 Å². The van der Waals surface area contributed by atoms with Crippen LogP contribution in [0.2, 0.25) is 0 Å². The van der Waals surface area contributed by atoms with Gasteiger partial charge in [-0.1, -0.05) is 54.6 Å². The molecule has 7 nitrogen and oxygen atoms in total. The molecular weight excluding hydrogens is 518 g/mol. The maximum Gasteiger partial charge on any atom is 0.338 e. The Kier molecular flexibility index (Phi) is 7.21. The zero-order valence-electron chi connectivity index (χ0n) is 21.8. The van der Waals surface area contributed by atoms with Gasteiger partial charge < -0.3 is 15.2 Å². The fourth-order valence-electron chi connectivity index (χ4n) is 5.68. The lowest BCUT2D eigenvalue weighted by Crippen LogP contribution is -2.46. The summed E-state index contributed by atoms with van der Waals surface area (Å²) in [6.45, 7) is 0. The Morgan fingerprint density at radius 2 is 1.62 bits per heavy atom. The summed E-state index contributed by atoms with van der Waals surface area (Å²) < 4.78 is 39.9. The number of carbonyl (C=O) groups is 3. The summed E-state index contributed by atoms with van der Waals surface area (Å²) in [5, 5.41) is 0. The Hall–Kier alpha value is -4.79. The Morgan fingerprint density at radius 3 is 2.27 bits per heavy atom. The van der Waals surface area contributed by atoms with Crippen molar-refractivity contribution in [3.63, 3.8) is 0 Å². The predicted molar refractivity (Wildman–Crippen MR) is 143 cm³/mol. The van der Waals surface area contributed by atoms with E-state index in [1.807, 2.05) is 6.07 Å². The molecular formula is C31H26F2N2O5. The summed E-state index contributed by atoms with van der Waals surface area (Å²) in [6, 6.07) is 20.2. The molecule has 0 bridgehead atoms. The number of nitrogens with zero attached hydrogens (tertiary/aromatic N) is 1. The van der Waals surface area contributed by atoms with E-state index >= 15 is 4.39 Å². The van der Waals surface area contributed by atoms with Crippen molar-refractivity contribution < 1.29 is 32.6 Å². The molecule has 0 saturated heterocycles. The van der Waals surface area contributed by atoms with Crippen LogP contribution in [0.15, 0.2) is 102 Å². The van der Waals surface area contributed by atoms with Crippen molar-refractivity contribution in [2.24, 2.45) is 11.7 Å². The number of carbonyl (C=O) groups excluding carboxylic acids is 3. The van der Waals surface area contributed by atoms with Crippen LogP contribution in [0.4, 0.5) is 14.5 Å². The predicted octanol–water partition coefficient (Wildman–Crippen LogP) is 4.71. The van der Waals surface area contributed by atoms with Crippen molar-refractivity contribution in [3.05, 3.63) is 124 Å². The number of hydrogen-bond acceptors (Lipinski definition) is 7. The molecule has 3 aromatic rings. The second kappa shape index (κ2) is 10.8. The lowest BCUT2D eigenvalue weighted by molar-refractivity contribution is -0.150. The Balaban J connectivity index is 1.85. The molecule has 1 aliphatic heterocycles. The summed E-state index contributed by atoms with van der Waals surface area (Å²) in [5.41, 5.74) is 7.70. The van der Waals surface area contributed by atoms with Crippen molar-refractivity contribution in [2.75, 3.05) is 19.1 Å². The Labute approximate surface area is 229 Å². The number of allylic oxidation sites excluding steroid dienone is 2. The van der Waals surface area contributed by atoms with Crippen LogP contribution in [0.25, 0.3) is 0 Å². The van der Waals surface area contributed by atoms with E-state index in [1.165, 1.54) is 48.4 Å². The third-order valence-electron chi connectivity index (χ3n) is 7.41. The Bertz CT molecular complexity index is 1570. The second-order valence-electron chi connectivity index (χ2n) is 9.51. The van der Waals surface area contributed by atoms with Crippen LogP contribution in [0, 0.1) is 17.6 Å². The molecule has 2 N–H and O–H groups in total. The lowest BCUT2D eigenvalue weighted by atomic mass is 9.67. The first-order valence-corrected chi connectivity index (χ1v) is 12.6. The van der Waals surface area contributed by atoms with Gasteiger partial charge in [-0.15, -0.1) is 0 Å².